The molecule has 0 aliphatic heterocycles. The SMILES string of the molecule is CO[C@@H]1c2c(c(Br)c3ccccc3c2Br)[C@H](OC)[C@@H](Br)[C@@H]1Br. The molecule has 1 aliphatic rings. The van der Waals surface area contributed by atoms with E-state index in [-0.39, 0.29) is 21.9 Å². The molecular formula is C16H14Br4O2. The number of halogens is 4. The highest BCUT2D eigenvalue weighted by molar-refractivity contribution is 9.12. The fourth-order valence-corrected chi connectivity index (χ4v) is 6.18. The van der Waals surface area contributed by atoms with Crippen molar-refractivity contribution in [3.05, 3.63) is 44.3 Å². The van der Waals surface area contributed by atoms with Gasteiger partial charge in [0, 0.05) is 34.3 Å². The summed E-state index contributed by atoms with van der Waals surface area (Å²) in [5.74, 6) is 0. The van der Waals surface area contributed by atoms with E-state index in [0.29, 0.717) is 0 Å². The van der Waals surface area contributed by atoms with Gasteiger partial charge in [0.05, 0.1) is 21.9 Å². The van der Waals surface area contributed by atoms with Crippen LogP contribution in [0.2, 0.25) is 0 Å². The molecule has 0 N–H and O–H groups in total. The summed E-state index contributed by atoms with van der Waals surface area (Å²) >= 11 is 15.1. The van der Waals surface area contributed by atoms with Gasteiger partial charge in [0.2, 0.25) is 0 Å². The number of hydrogen-bond donors (Lipinski definition) is 0. The molecule has 0 amide bonds. The Bertz CT molecular complexity index is 658. The van der Waals surface area contributed by atoms with Crippen molar-refractivity contribution >= 4 is 74.5 Å². The molecular weight excluding hydrogens is 544 g/mol. The lowest BCUT2D eigenvalue weighted by molar-refractivity contribution is 0.0448. The maximum absolute atomic E-state index is 5.79. The molecule has 0 unspecified atom stereocenters. The van der Waals surface area contributed by atoms with Crippen LogP contribution in [-0.4, -0.2) is 23.9 Å². The molecule has 0 bridgehead atoms. The molecule has 2 aromatic rings. The molecule has 0 spiro atoms. The Labute approximate surface area is 163 Å². The monoisotopic (exact) mass is 554 g/mol. The van der Waals surface area contributed by atoms with Crippen molar-refractivity contribution in [2.75, 3.05) is 14.2 Å². The Hall–Kier alpha value is 0.540. The molecule has 0 saturated carbocycles. The lowest BCUT2D eigenvalue weighted by Crippen LogP contribution is -2.36. The quantitative estimate of drug-likeness (QED) is 0.405. The molecule has 118 valence electrons. The van der Waals surface area contributed by atoms with Gasteiger partial charge in [-0.1, -0.05) is 56.1 Å². The van der Waals surface area contributed by atoms with Crippen LogP contribution < -0.4 is 0 Å². The average molecular weight is 558 g/mol. The summed E-state index contributed by atoms with van der Waals surface area (Å²) in [7, 11) is 3.48. The predicted octanol–water partition coefficient (Wildman–Crippen LogP) is 6.28. The van der Waals surface area contributed by atoms with Gasteiger partial charge in [-0.15, -0.1) is 0 Å². The first-order chi connectivity index (χ1) is 10.5. The number of ether oxygens (including phenoxy) is 2. The van der Waals surface area contributed by atoms with Gasteiger partial charge < -0.3 is 9.47 Å². The normalized spacial score (nSPS) is 27.9. The Morgan fingerprint density at radius 2 is 1.14 bits per heavy atom. The summed E-state index contributed by atoms with van der Waals surface area (Å²) in [6.45, 7) is 0. The number of benzene rings is 2. The summed E-state index contributed by atoms with van der Waals surface area (Å²) in [6, 6.07) is 8.32. The van der Waals surface area contributed by atoms with Crippen LogP contribution in [0.3, 0.4) is 0 Å². The molecule has 0 heterocycles. The molecule has 2 nitrogen and oxygen atoms in total. The van der Waals surface area contributed by atoms with Crippen LogP contribution in [0.1, 0.15) is 23.3 Å². The largest absolute Gasteiger partial charge is 0.375 e. The third-order valence-corrected chi connectivity index (χ3v) is 8.64. The lowest BCUT2D eigenvalue weighted by Gasteiger charge is -2.39. The molecule has 3 rings (SSSR count). The molecule has 2 aromatic carbocycles. The smallest absolute Gasteiger partial charge is 0.0973 e. The number of rotatable bonds is 2. The van der Waals surface area contributed by atoms with E-state index < -0.39 is 0 Å². The predicted molar refractivity (Wildman–Crippen MR) is 104 cm³/mol. The van der Waals surface area contributed by atoms with E-state index in [9.17, 15) is 0 Å². The summed E-state index contributed by atoms with van der Waals surface area (Å²) in [6.07, 6.45) is -0.137. The molecule has 6 heteroatoms. The second kappa shape index (κ2) is 6.81. The summed E-state index contributed by atoms with van der Waals surface area (Å²) < 4.78 is 13.7. The van der Waals surface area contributed by atoms with E-state index in [1.807, 2.05) is 12.1 Å². The zero-order chi connectivity index (χ0) is 16.0. The van der Waals surface area contributed by atoms with Crippen LogP contribution in [0.25, 0.3) is 10.8 Å². The topological polar surface area (TPSA) is 18.5 Å². The Morgan fingerprint density at radius 1 is 0.773 bits per heavy atom. The van der Waals surface area contributed by atoms with E-state index >= 15 is 0 Å². The molecule has 0 radical (unpaired) electrons. The minimum Gasteiger partial charge on any atom is -0.375 e. The fraction of sp³-hybridized carbons (Fsp3) is 0.375. The maximum Gasteiger partial charge on any atom is 0.0973 e. The molecule has 22 heavy (non-hydrogen) atoms. The summed E-state index contributed by atoms with van der Waals surface area (Å²) in [4.78, 5) is 0.221. The van der Waals surface area contributed by atoms with Gasteiger partial charge >= 0.3 is 0 Å². The number of methoxy groups -OCH3 is 2. The zero-order valence-electron chi connectivity index (χ0n) is 11.9. The van der Waals surface area contributed by atoms with Crippen molar-refractivity contribution in [1.29, 1.82) is 0 Å². The highest BCUT2D eigenvalue weighted by Gasteiger charge is 2.43. The number of hydrogen-bond acceptors (Lipinski definition) is 2. The third-order valence-electron chi connectivity index (χ3n) is 4.12. The second-order valence-corrected chi connectivity index (χ2v) is 8.90. The molecule has 0 aromatic heterocycles. The van der Waals surface area contributed by atoms with E-state index in [2.05, 4.69) is 75.9 Å². The van der Waals surface area contributed by atoms with Gasteiger partial charge in [-0.3, -0.25) is 0 Å². The van der Waals surface area contributed by atoms with Crippen LogP contribution >= 0.6 is 63.7 Å². The van der Waals surface area contributed by atoms with Gasteiger partial charge in [-0.05, 0) is 42.6 Å². The second-order valence-electron chi connectivity index (χ2n) is 5.20. The Kier molecular flexibility index (Phi) is 5.37. The molecule has 0 fully saturated rings. The first-order valence-corrected chi connectivity index (χ1v) is 10.2. The third kappa shape index (κ3) is 2.54. The van der Waals surface area contributed by atoms with Crippen molar-refractivity contribution in [2.24, 2.45) is 0 Å². The van der Waals surface area contributed by atoms with Gasteiger partial charge in [0.25, 0.3) is 0 Å². The maximum atomic E-state index is 5.79. The van der Waals surface area contributed by atoms with Crippen LogP contribution in [0.4, 0.5) is 0 Å². The van der Waals surface area contributed by atoms with Crippen LogP contribution in [0, 0.1) is 0 Å². The number of alkyl halides is 2. The van der Waals surface area contributed by atoms with Crippen LogP contribution in [-0.2, 0) is 9.47 Å². The van der Waals surface area contributed by atoms with Crippen LogP contribution in [0.15, 0.2) is 33.2 Å². The summed E-state index contributed by atoms with van der Waals surface area (Å²) in [5.41, 5.74) is 2.27. The van der Waals surface area contributed by atoms with Crippen molar-refractivity contribution in [2.45, 2.75) is 21.9 Å². The molecule has 1 aliphatic carbocycles. The van der Waals surface area contributed by atoms with E-state index in [1.54, 1.807) is 14.2 Å². The van der Waals surface area contributed by atoms with Gasteiger partial charge in [-0.2, -0.15) is 0 Å². The summed E-state index contributed by atoms with van der Waals surface area (Å²) in [5, 5.41) is 2.33. The highest BCUT2D eigenvalue weighted by Crippen LogP contribution is 2.53. The first-order valence-electron chi connectivity index (χ1n) is 6.76. The molecule has 4 atom stereocenters. The van der Waals surface area contributed by atoms with Crippen molar-refractivity contribution < 1.29 is 9.47 Å². The first kappa shape index (κ1) is 17.4. The van der Waals surface area contributed by atoms with Crippen molar-refractivity contribution in [3.63, 3.8) is 0 Å². The molecule has 0 saturated heterocycles. The number of fused-ring (bicyclic) bond motifs is 2. The zero-order valence-corrected chi connectivity index (χ0v) is 18.3. The highest BCUT2D eigenvalue weighted by atomic mass is 79.9. The minimum absolute atomic E-state index is 0.0685. The van der Waals surface area contributed by atoms with Gasteiger partial charge in [-0.25, -0.2) is 0 Å². The fourth-order valence-electron chi connectivity index (χ4n) is 3.10. The van der Waals surface area contributed by atoms with E-state index in [4.69, 9.17) is 9.47 Å². The minimum atomic E-state index is -0.0685. The Balaban J connectivity index is 2.42. The van der Waals surface area contributed by atoms with Crippen molar-refractivity contribution in [1.82, 2.24) is 0 Å². The van der Waals surface area contributed by atoms with Gasteiger partial charge in [0.15, 0.2) is 0 Å². The Morgan fingerprint density at radius 3 is 1.45 bits per heavy atom. The van der Waals surface area contributed by atoms with E-state index in [1.165, 1.54) is 0 Å². The van der Waals surface area contributed by atoms with Gasteiger partial charge in [0.1, 0.15) is 0 Å². The van der Waals surface area contributed by atoms with Crippen LogP contribution in [0.5, 0.6) is 0 Å². The van der Waals surface area contributed by atoms with E-state index in [0.717, 1.165) is 30.8 Å². The standard InChI is InChI=1S/C16H14Br4O2/c1-21-15-9-10(16(22-2)14(20)13(15)19)12(18)8-6-4-3-5-7(8)11(9)17/h3-6,13-16H,1-2H3/t13-,14-,15-,16+/m0/s1. The lowest BCUT2D eigenvalue weighted by atomic mass is 9.85. The average Bonchev–Trinajstić information content (AvgIpc) is 2.54. The van der Waals surface area contributed by atoms with Crippen molar-refractivity contribution in [3.8, 4) is 0 Å².